The van der Waals surface area contributed by atoms with Crippen molar-refractivity contribution in [3.05, 3.63) is 70.0 Å². The molecule has 0 atom stereocenters. The Hall–Kier alpha value is -2.02. The lowest BCUT2D eigenvalue weighted by molar-refractivity contribution is 0.276. The predicted molar refractivity (Wildman–Crippen MR) is 114 cm³/mol. The van der Waals surface area contributed by atoms with Gasteiger partial charge in [0.25, 0.3) is 10.2 Å². The van der Waals surface area contributed by atoms with Gasteiger partial charge in [0.15, 0.2) is 0 Å². The average Bonchev–Trinajstić information content (AvgIpc) is 2.97. The minimum atomic E-state index is -3.74. The van der Waals surface area contributed by atoms with Gasteiger partial charge in [-0.1, -0.05) is 29.8 Å². The van der Waals surface area contributed by atoms with E-state index in [1.807, 2.05) is 12.1 Å². The Morgan fingerprint density at radius 1 is 1.13 bits per heavy atom. The smallest absolute Gasteiger partial charge is 0.282 e. The van der Waals surface area contributed by atoms with Crippen LogP contribution in [0.15, 0.2) is 42.5 Å². The van der Waals surface area contributed by atoms with Crippen molar-refractivity contribution in [2.45, 2.75) is 19.5 Å². The van der Waals surface area contributed by atoms with Crippen LogP contribution in [0, 0.1) is 17.1 Å². The molecule has 0 radical (unpaired) electrons. The molecule has 0 bridgehead atoms. The van der Waals surface area contributed by atoms with Crippen molar-refractivity contribution in [1.29, 1.82) is 5.26 Å². The highest BCUT2D eigenvalue weighted by Crippen LogP contribution is 2.23. The summed E-state index contributed by atoms with van der Waals surface area (Å²) >= 11 is 6.05. The molecule has 2 aromatic carbocycles. The molecule has 1 aliphatic rings. The third-order valence-electron chi connectivity index (χ3n) is 5.20. The number of hydrogen-bond donors (Lipinski definition) is 0. The van der Waals surface area contributed by atoms with Crippen molar-refractivity contribution < 1.29 is 12.8 Å². The topological polar surface area (TPSA) is 67.7 Å². The summed E-state index contributed by atoms with van der Waals surface area (Å²) in [6.07, 6.45) is 0.698. The third kappa shape index (κ3) is 5.36. The van der Waals surface area contributed by atoms with Crippen LogP contribution < -0.4 is 0 Å². The monoisotopic (exact) mass is 450 g/mol. The van der Waals surface area contributed by atoms with E-state index in [0.717, 1.165) is 16.4 Å². The molecule has 2 aromatic rings. The summed E-state index contributed by atoms with van der Waals surface area (Å²) in [5.41, 5.74) is 1.86. The van der Waals surface area contributed by atoms with Crippen molar-refractivity contribution in [3.63, 3.8) is 0 Å². The maximum absolute atomic E-state index is 14.1. The number of nitrogens with zero attached hydrogens (tertiary/aromatic N) is 4. The minimum Gasteiger partial charge on any atom is -0.298 e. The molecule has 6 nitrogen and oxygen atoms in total. The lowest BCUT2D eigenvalue weighted by atomic mass is 10.1. The summed E-state index contributed by atoms with van der Waals surface area (Å²) < 4.78 is 42.7. The molecule has 0 saturated carbocycles. The van der Waals surface area contributed by atoms with E-state index < -0.39 is 16.0 Å². The van der Waals surface area contributed by atoms with Gasteiger partial charge in [0.05, 0.1) is 11.6 Å². The van der Waals surface area contributed by atoms with Gasteiger partial charge in [-0.2, -0.15) is 22.3 Å². The maximum Gasteiger partial charge on any atom is 0.282 e. The van der Waals surface area contributed by atoms with Crippen molar-refractivity contribution in [2.75, 3.05) is 33.2 Å². The summed E-state index contributed by atoms with van der Waals surface area (Å²) in [6, 6.07) is 13.8. The number of nitriles is 1. The lowest BCUT2D eigenvalue weighted by Crippen LogP contribution is -2.43. The van der Waals surface area contributed by atoms with Crippen LogP contribution >= 0.6 is 11.6 Å². The van der Waals surface area contributed by atoms with Crippen LogP contribution in [0.4, 0.5) is 4.39 Å². The first-order valence-corrected chi connectivity index (χ1v) is 11.4. The molecule has 30 heavy (non-hydrogen) atoms. The van der Waals surface area contributed by atoms with Gasteiger partial charge in [0, 0.05) is 50.4 Å². The second-order valence-corrected chi connectivity index (χ2v) is 9.74. The fourth-order valence-electron chi connectivity index (χ4n) is 3.46. The molecule has 1 heterocycles. The van der Waals surface area contributed by atoms with E-state index in [1.165, 1.54) is 23.5 Å². The van der Waals surface area contributed by atoms with E-state index in [0.29, 0.717) is 38.2 Å². The summed E-state index contributed by atoms with van der Waals surface area (Å²) in [6.45, 7) is 2.69. The average molecular weight is 451 g/mol. The van der Waals surface area contributed by atoms with E-state index in [4.69, 9.17) is 16.9 Å². The number of rotatable bonds is 6. The lowest BCUT2D eigenvalue weighted by Gasteiger charge is -2.27. The van der Waals surface area contributed by atoms with Gasteiger partial charge in [-0.25, -0.2) is 4.39 Å². The number of halogens is 2. The Labute approximate surface area is 182 Å². The summed E-state index contributed by atoms with van der Waals surface area (Å²) in [5.74, 6) is -0.519. The van der Waals surface area contributed by atoms with E-state index in [2.05, 4.69) is 11.0 Å². The van der Waals surface area contributed by atoms with Gasteiger partial charge in [0.1, 0.15) is 5.82 Å². The predicted octanol–water partition coefficient (Wildman–Crippen LogP) is 3.24. The van der Waals surface area contributed by atoms with Crippen molar-refractivity contribution in [1.82, 2.24) is 13.5 Å². The van der Waals surface area contributed by atoms with Crippen molar-refractivity contribution in [2.24, 2.45) is 0 Å². The van der Waals surface area contributed by atoms with Gasteiger partial charge >= 0.3 is 0 Å². The zero-order valence-corrected chi connectivity index (χ0v) is 18.3. The highest BCUT2D eigenvalue weighted by Gasteiger charge is 2.29. The van der Waals surface area contributed by atoms with Crippen LogP contribution in [0.25, 0.3) is 0 Å². The Balaban J connectivity index is 1.63. The van der Waals surface area contributed by atoms with Crippen LogP contribution in [0.2, 0.25) is 5.02 Å². The molecule has 160 valence electrons. The second-order valence-electron chi connectivity index (χ2n) is 7.30. The van der Waals surface area contributed by atoms with E-state index in [9.17, 15) is 12.8 Å². The Morgan fingerprint density at radius 2 is 1.87 bits per heavy atom. The number of hydrogen-bond acceptors (Lipinski definition) is 4. The molecular weight excluding hydrogens is 427 g/mol. The molecule has 0 unspecified atom stereocenters. The van der Waals surface area contributed by atoms with Crippen LogP contribution in [-0.4, -0.2) is 55.2 Å². The summed E-state index contributed by atoms with van der Waals surface area (Å²) in [5, 5.41) is 9.12. The quantitative estimate of drug-likeness (QED) is 0.677. The fraction of sp³-hybridized carbons (Fsp3) is 0.381. The number of benzene rings is 2. The summed E-state index contributed by atoms with van der Waals surface area (Å²) in [7, 11) is -2.30. The van der Waals surface area contributed by atoms with Crippen LogP contribution in [0.5, 0.6) is 0 Å². The highest BCUT2D eigenvalue weighted by atomic mass is 35.5. The molecule has 1 saturated heterocycles. The molecule has 3 rings (SSSR count). The third-order valence-corrected chi connectivity index (χ3v) is 7.49. The molecule has 0 N–H and O–H groups in total. The summed E-state index contributed by atoms with van der Waals surface area (Å²) in [4.78, 5) is 2.20. The standard InChI is InChI=1S/C21H24ClFN4O2S/c1-25(16-19-20(22)4-2-5-21(19)23)30(28,29)27-11-3-10-26(12-13-27)15-18-8-6-17(14-24)7-9-18/h2,4-9H,3,10-13,15-16H2,1H3. The maximum atomic E-state index is 14.1. The molecule has 0 aliphatic carbocycles. The van der Waals surface area contributed by atoms with Gasteiger partial charge in [-0.3, -0.25) is 4.90 Å². The van der Waals surface area contributed by atoms with Crippen molar-refractivity contribution >= 4 is 21.8 Å². The van der Waals surface area contributed by atoms with Gasteiger partial charge in [-0.15, -0.1) is 0 Å². The largest absolute Gasteiger partial charge is 0.298 e. The zero-order chi connectivity index (χ0) is 21.7. The first-order chi connectivity index (χ1) is 14.3. The molecule has 0 amide bonds. The first-order valence-electron chi connectivity index (χ1n) is 9.67. The molecular formula is C21H24ClFN4O2S. The zero-order valence-electron chi connectivity index (χ0n) is 16.8. The molecule has 9 heteroatoms. The minimum absolute atomic E-state index is 0.126. The Kier molecular flexibility index (Phi) is 7.45. The molecule has 0 aromatic heterocycles. The Bertz CT molecular complexity index is 1000. The van der Waals surface area contributed by atoms with E-state index in [1.54, 1.807) is 18.2 Å². The SMILES string of the molecule is CN(Cc1c(F)cccc1Cl)S(=O)(=O)N1CCCN(Cc2ccc(C#N)cc2)CC1. The first kappa shape index (κ1) is 22.7. The van der Waals surface area contributed by atoms with Gasteiger partial charge in [0.2, 0.25) is 0 Å². The van der Waals surface area contributed by atoms with Crippen LogP contribution in [0.3, 0.4) is 0 Å². The highest BCUT2D eigenvalue weighted by molar-refractivity contribution is 7.86. The molecule has 1 fully saturated rings. The Morgan fingerprint density at radius 3 is 2.53 bits per heavy atom. The van der Waals surface area contributed by atoms with Crippen LogP contribution in [0.1, 0.15) is 23.1 Å². The molecule has 1 aliphatic heterocycles. The van der Waals surface area contributed by atoms with Crippen molar-refractivity contribution in [3.8, 4) is 6.07 Å². The second kappa shape index (κ2) is 9.86. The van der Waals surface area contributed by atoms with E-state index >= 15 is 0 Å². The van der Waals surface area contributed by atoms with Gasteiger partial charge in [-0.05, 0) is 42.8 Å². The normalized spacial score (nSPS) is 16.4. The van der Waals surface area contributed by atoms with E-state index in [-0.39, 0.29) is 17.1 Å². The molecule has 0 spiro atoms. The van der Waals surface area contributed by atoms with Crippen LogP contribution in [-0.2, 0) is 23.3 Å². The van der Waals surface area contributed by atoms with Gasteiger partial charge < -0.3 is 0 Å². The fourth-order valence-corrected chi connectivity index (χ4v) is 5.05.